The molecule has 0 aromatic heterocycles. The first-order valence-corrected chi connectivity index (χ1v) is 9.69. The number of unbranched alkanes of at least 4 members (excludes halogenated alkanes) is 1. The van der Waals surface area contributed by atoms with Crippen LogP contribution in [0.5, 0.6) is 5.75 Å². The van der Waals surface area contributed by atoms with E-state index in [0.29, 0.717) is 12.5 Å². The summed E-state index contributed by atoms with van der Waals surface area (Å²) in [7, 11) is 1.63. The van der Waals surface area contributed by atoms with Gasteiger partial charge in [-0.05, 0) is 37.5 Å². The summed E-state index contributed by atoms with van der Waals surface area (Å²) < 4.78 is 10.7. The molecule has 0 aliphatic heterocycles. The average molecular weight is 379 g/mol. The van der Waals surface area contributed by atoms with Crippen LogP contribution < -0.4 is 20.7 Å². The van der Waals surface area contributed by atoms with E-state index < -0.39 is 0 Å². The van der Waals surface area contributed by atoms with Crippen LogP contribution >= 0.6 is 0 Å². The largest absolute Gasteiger partial charge is 0.497 e. The van der Waals surface area contributed by atoms with Gasteiger partial charge >= 0.3 is 0 Å². The monoisotopic (exact) mass is 378 g/mol. The molecule has 27 heavy (non-hydrogen) atoms. The molecule has 0 atom stereocenters. The van der Waals surface area contributed by atoms with Gasteiger partial charge < -0.3 is 25.4 Å². The lowest BCUT2D eigenvalue weighted by Gasteiger charge is -2.11. The molecule has 7 nitrogen and oxygen atoms in total. The molecule has 0 radical (unpaired) electrons. The Morgan fingerprint density at radius 2 is 1.78 bits per heavy atom. The molecule has 1 aromatic rings. The molecule has 0 spiro atoms. The second kappa shape index (κ2) is 14.8. The normalized spacial score (nSPS) is 11.1. The van der Waals surface area contributed by atoms with Gasteiger partial charge in [-0.2, -0.15) is 0 Å². The molecular formula is C20H34N4O3. The number of nitrogens with one attached hydrogen (secondary N) is 3. The van der Waals surface area contributed by atoms with Crippen molar-refractivity contribution in [3.63, 3.8) is 0 Å². The molecule has 0 bridgehead atoms. The van der Waals surface area contributed by atoms with E-state index in [-0.39, 0.29) is 12.5 Å². The van der Waals surface area contributed by atoms with Crippen molar-refractivity contribution < 1.29 is 14.3 Å². The second-order valence-corrected chi connectivity index (χ2v) is 6.07. The highest BCUT2D eigenvalue weighted by atomic mass is 16.5. The number of ether oxygens (including phenoxy) is 2. The number of rotatable bonds is 13. The third-order valence-electron chi connectivity index (χ3n) is 3.77. The fourth-order valence-corrected chi connectivity index (χ4v) is 2.22. The number of amides is 1. The minimum atomic E-state index is -0.120. The molecular weight excluding hydrogens is 344 g/mol. The van der Waals surface area contributed by atoms with E-state index in [2.05, 4.69) is 27.9 Å². The summed E-state index contributed by atoms with van der Waals surface area (Å²) in [5.41, 5.74) is 1.02. The van der Waals surface area contributed by atoms with E-state index in [9.17, 15) is 4.79 Å². The first kappa shape index (κ1) is 22.8. The fourth-order valence-electron chi connectivity index (χ4n) is 2.22. The first-order valence-electron chi connectivity index (χ1n) is 9.69. The van der Waals surface area contributed by atoms with Gasteiger partial charge in [0.15, 0.2) is 5.96 Å². The quantitative estimate of drug-likeness (QED) is 0.278. The summed E-state index contributed by atoms with van der Waals surface area (Å²) in [6, 6.07) is 7.60. The Kier molecular flexibility index (Phi) is 12.5. The van der Waals surface area contributed by atoms with Gasteiger partial charge in [-0.3, -0.25) is 4.79 Å². The van der Waals surface area contributed by atoms with Crippen LogP contribution in [0, 0.1) is 0 Å². The summed E-state index contributed by atoms with van der Waals surface area (Å²) in [6.45, 7) is 7.74. The van der Waals surface area contributed by atoms with Crippen molar-refractivity contribution in [2.45, 2.75) is 39.7 Å². The minimum absolute atomic E-state index is 0.0818. The molecule has 0 aliphatic rings. The van der Waals surface area contributed by atoms with Crippen molar-refractivity contribution in [3.8, 4) is 5.75 Å². The maximum atomic E-state index is 12.0. The van der Waals surface area contributed by atoms with Crippen LogP contribution in [0.1, 0.15) is 38.7 Å². The molecule has 0 unspecified atom stereocenters. The zero-order chi connectivity index (χ0) is 19.7. The first-order chi connectivity index (χ1) is 13.2. The van der Waals surface area contributed by atoms with E-state index in [1.165, 1.54) is 0 Å². The van der Waals surface area contributed by atoms with Crippen molar-refractivity contribution >= 4 is 11.9 Å². The summed E-state index contributed by atoms with van der Waals surface area (Å²) in [5, 5.41) is 9.23. The molecule has 0 fully saturated rings. The smallest absolute Gasteiger partial charge is 0.242 e. The number of aliphatic imine (C=N–C) groups is 1. The Hall–Kier alpha value is -2.28. The van der Waals surface area contributed by atoms with Crippen LogP contribution in [-0.4, -0.2) is 51.8 Å². The number of methoxy groups -OCH3 is 1. The summed E-state index contributed by atoms with van der Waals surface area (Å²) in [4.78, 5) is 16.3. The van der Waals surface area contributed by atoms with Crippen LogP contribution in [0.3, 0.4) is 0 Å². The fraction of sp³-hybridized carbons (Fsp3) is 0.600. The molecule has 1 amide bonds. The number of carbonyl (C=O) groups excluding carboxylic acids is 1. The van der Waals surface area contributed by atoms with Crippen LogP contribution in [0.25, 0.3) is 0 Å². The van der Waals surface area contributed by atoms with E-state index in [1.54, 1.807) is 7.11 Å². The van der Waals surface area contributed by atoms with Crippen LogP contribution in [0.2, 0.25) is 0 Å². The maximum Gasteiger partial charge on any atom is 0.242 e. The van der Waals surface area contributed by atoms with Gasteiger partial charge in [0.25, 0.3) is 0 Å². The Morgan fingerprint density at radius 3 is 2.44 bits per heavy atom. The summed E-state index contributed by atoms with van der Waals surface area (Å²) in [5.74, 6) is 1.32. The number of hydrogen-bond donors (Lipinski definition) is 3. The van der Waals surface area contributed by atoms with Gasteiger partial charge in [0.2, 0.25) is 5.91 Å². The molecule has 3 N–H and O–H groups in total. The van der Waals surface area contributed by atoms with Gasteiger partial charge in [0, 0.05) is 32.8 Å². The van der Waals surface area contributed by atoms with Gasteiger partial charge in [-0.15, -0.1) is 0 Å². The molecule has 0 aliphatic carbocycles. The van der Waals surface area contributed by atoms with Gasteiger partial charge in [-0.25, -0.2) is 4.99 Å². The molecule has 152 valence electrons. The molecule has 1 aromatic carbocycles. The summed E-state index contributed by atoms with van der Waals surface area (Å²) >= 11 is 0. The van der Waals surface area contributed by atoms with Crippen molar-refractivity contribution in [3.05, 3.63) is 29.8 Å². The number of hydrogen-bond acceptors (Lipinski definition) is 4. The molecule has 0 saturated carbocycles. The number of nitrogens with zero attached hydrogens (tertiary/aromatic N) is 1. The highest BCUT2D eigenvalue weighted by Crippen LogP contribution is 2.10. The van der Waals surface area contributed by atoms with Gasteiger partial charge in [0.1, 0.15) is 12.3 Å². The molecule has 1 rings (SSSR count). The van der Waals surface area contributed by atoms with E-state index in [0.717, 1.165) is 56.9 Å². The van der Waals surface area contributed by atoms with Gasteiger partial charge in [0.05, 0.1) is 7.11 Å². The highest BCUT2D eigenvalue weighted by Gasteiger charge is 2.03. The zero-order valence-electron chi connectivity index (χ0n) is 16.8. The third kappa shape index (κ3) is 11.1. The number of benzene rings is 1. The van der Waals surface area contributed by atoms with Crippen molar-refractivity contribution in [1.82, 2.24) is 16.0 Å². The lowest BCUT2D eigenvalue weighted by atomic mass is 10.2. The second-order valence-electron chi connectivity index (χ2n) is 6.07. The van der Waals surface area contributed by atoms with E-state index >= 15 is 0 Å². The van der Waals surface area contributed by atoms with E-state index in [4.69, 9.17) is 9.47 Å². The Morgan fingerprint density at radius 1 is 1.04 bits per heavy atom. The predicted molar refractivity (Wildman–Crippen MR) is 109 cm³/mol. The minimum Gasteiger partial charge on any atom is -0.497 e. The molecule has 0 heterocycles. The summed E-state index contributed by atoms with van der Waals surface area (Å²) in [6.07, 6.45) is 3.15. The average Bonchev–Trinajstić information content (AvgIpc) is 2.70. The maximum absolute atomic E-state index is 12.0. The highest BCUT2D eigenvalue weighted by molar-refractivity contribution is 5.84. The lowest BCUT2D eigenvalue weighted by Crippen LogP contribution is -2.39. The van der Waals surface area contributed by atoms with E-state index in [1.807, 2.05) is 31.2 Å². The van der Waals surface area contributed by atoms with Crippen molar-refractivity contribution in [1.29, 1.82) is 0 Å². The Bertz CT molecular complexity index is 547. The Labute approximate surface area is 162 Å². The SMILES string of the molecule is CCCCOCCCNC(=NCC(=O)NCc1ccc(OC)cc1)NCC. The molecule has 0 saturated heterocycles. The predicted octanol–water partition coefficient (Wildman–Crippen LogP) is 2.07. The van der Waals surface area contributed by atoms with Crippen molar-refractivity contribution in [2.75, 3.05) is 40.0 Å². The van der Waals surface area contributed by atoms with Crippen molar-refractivity contribution in [2.24, 2.45) is 4.99 Å². The Balaban J connectivity index is 2.28. The lowest BCUT2D eigenvalue weighted by molar-refractivity contribution is -0.119. The number of carbonyl (C=O) groups is 1. The zero-order valence-corrected chi connectivity index (χ0v) is 16.8. The van der Waals surface area contributed by atoms with Crippen LogP contribution in [-0.2, 0) is 16.1 Å². The topological polar surface area (TPSA) is 84.0 Å². The number of guanidine groups is 1. The molecule has 7 heteroatoms. The van der Waals surface area contributed by atoms with Crippen LogP contribution in [0.4, 0.5) is 0 Å². The third-order valence-corrected chi connectivity index (χ3v) is 3.77. The van der Waals surface area contributed by atoms with Crippen LogP contribution in [0.15, 0.2) is 29.3 Å². The van der Waals surface area contributed by atoms with Gasteiger partial charge in [-0.1, -0.05) is 25.5 Å². The standard InChI is InChI=1S/C20H34N4O3/c1-4-6-13-27-14-7-12-22-20(21-5-2)24-16-19(25)23-15-17-8-10-18(26-3)11-9-17/h8-11H,4-7,12-16H2,1-3H3,(H,23,25)(H2,21,22,24).